The van der Waals surface area contributed by atoms with Gasteiger partial charge in [-0.05, 0) is 25.1 Å². The third kappa shape index (κ3) is 3.43. The zero-order valence-corrected chi connectivity index (χ0v) is 8.32. The van der Waals surface area contributed by atoms with E-state index in [1.165, 1.54) is 19.1 Å². The van der Waals surface area contributed by atoms with Crippen LogP contribution in [0.15, 0.2) is 18.2 Å². The topological polar surface area (TPSA) is 26.3 Å². The highest BCUT2D eigenvalue weighted by Gasteiger charge is 2.32. The van der Waals surface area contributed by atoms with Gasteiger partial charge in [0.2, 0.25) is 0 Å². The normalized spacial score (nSPS) is 11.3. The SMILES string of the molecule is CC(=O)c1ccc(Cl)c(OC(F)(F)F)c1. The number of carbonyl (C=O) groups is 1. The molecule has 0 aromatic heterocycles. The third-order valence-corrected chi connectivity index (χ3v) is 1.88. The van der Waals surface area contributed by atoms with Crippen LogP contribution in [-0.4, -0.2) is 12.1 Å². The fourth-order valence-corrected chi connectivity index (χ4v) is 1.08. The van der Waals surface area contributed by atoms with Gasteiger partial charge in [0, 0.05) is 5.56 Å². The van der Waals surface area contributed by atoms with Crippen molar-refractivity contribution in [2.75, 3.05) is 0 Å². The van der Waals surface area contributed by atoms with E-state index >= 15 is 0 Å². The molecule has 0 N–H and O–H groups in total. The Kier molecular flexibility index (Phi) is 3.24. The number of ether oxygens (including phenoxy) is 1. The highest BCUT2D eigenvalue weighted by Crippen LogP contribution is 2.30. The molecule has 0 aliphatic heterocycles. The first-order valence-corrected chi connectivity index (χ1v) is 4.23. The van der Waals surface area contributed by atoms with Crippen molar-refractivity contribution in [2.45, 2.75) is 13.3 Å². The van der Waals surface area contributed by atoms with Crippen LogP contribution in [0.2, 0.25) is 5.02 Å². The molecule has 0 saturated carbocycles. The van der Waals surface area contributed by atoms with E-state index in [0.29, 0.717) is 0 Å². The van der Waals surface area contributed by atoms with Crippen molar-refractivity contribution in [1.29, 1.82) is 0 Å². The summed E-state index contributed by atoms with van der Waals surface area (Å²) in [7, 11) is 0. The number of ketones is 1. The summed E-state index contributed by atoms with van der Waals surface area (Å²) < 4.78 is 39.3. The number of rotatable bonds is 2. The van der Waals surface area contributed by atoms with Gasteiger partial charge in [-0.25, -0.2) is 0 Å². The first kappa shape index (κ1) is 11.8. The van der Waals surface area contributed by atoms with Crippen LogP contribution >= 0.6 is 11.6 Å². The maximum absolute atomic E-state index is 11.9. The van der Waals surface area contributed by atoms with Crippen LogP contribution in [0.25, 0.3) is 0 Å². The second-order valence-corrected chi connectivity index (χ2v) is 3.16. The maximum Gasteiger partial charge on any atom is 0.573 e. The minimum absolute atomic E-state index is 0.110. The summed E-state index contributed by atoms with van der Waals surface area (Å²) in [6.45, 7) is 1.24. The van der Waals surface area contributed by atoms with Crippen LogP contribution in [0, 0.1) is 0 Å². The monoisotopic (exact) mass is 238 g/mol. The average Bonchev–Trinajstić information content (AvgIpc) is 2.06. The molecule has 0 saturated heterocycles. The molecule has 15 heavy (non-hydrogen) atoms. The molecule has 0 aliphatic rings. The van der Waals surface area contributed by atoms with E-state index in [-0.39, 0.29) is 16.4 Å². The highest BCUT2D eigenvalue weighted by molar-refractivity contribution is 6.32. The fraction of sp³-hybridized carbons (Fsp3) is 0.222. The zero-order valence-electron chi connectivity index (χ0n) is 7.56. The lowest BCUT2D eigenvalue weighted by atomic mass is 10.1. The Balaban J connectivity index is 3.06. The summed E-state index contributed by atoms with van der Waals surface area (Å²) in [4.78, 5) is 10.9. The van der Waals surface area contributed by atoms with Crippen LogP contribution in [0.3, 0.4) is 0 Å². The van der Waals surface area contributed by atoms with Crippen LogP contribution in [0.5, 0.6) is 5.75 Å². The highest BCUT2D eigenvalue weighted by atomic mass is 35.5. The second kappa shape index (κ2) is 4.10. The van der Waals surface area contributed by atoms with Crippen LogP contribution in [-0.2, 0) is 0 Å². The van der Waals surface area contributed by atoms with E-state index in [4.69, 9.17) is 11.6 Å². The lowest BCUT2D eigenvalue weighted by molar-refractivity contribution is -0.274. The summed E-state index contributed by atoms with van der Waals surface area (Å²) in [5, 5.41) is -0.197. The molecule has 1 aromatic carbocycles. The van der Waals surface area contributed by atoms with Gasteiger partial charge in [-0.2, -0.15) is 0 Å². The molecule has 0 amide bonds. The molecule has 0 unspecified atom stereocenters. The first-order valence-electron chi connectivity index (χ1n) is 3.86. The molecule has 2 nitrogen and oxygen atoms in total. The van der Waals surface area contributed by atoms with Crippen molar-refractivity contribution in [3.8, 4) is 5.75 Å². The Morgan fingerprint density at radius 2 is 2.00 bits per heavy atom. The molecule has 0 atom stereocenters. The average molecular weight is 239 g/mol. The van der Waals surface area contributed by atoms with Crippen molar-refractivity contribution in [3.05, 3.63) is 28.8 Å². The Labute approximate surface area is 88.6 Å². The number of halogens is 4. The van der Waals surface area contributed by atoms with Crippen LogP contribution in [0.1, 0.15) is 17.3 Å². The molecule has 0 aliphatic carbocycles. The van der Waals surface area contributed by atoms with Gasteiger partial charge in [-0.1, -0.05) is 11.6 Å². The van der Waals surface area contributed by atoms with E-state index in [1.807, 2.05) is 0 Å². The van der Waals surface area contributed by atoms with E-state index < -0.39 is 12.1 Å². The molecule has 1 rings (SSSR count). The van der Waals surface area contributed by atoms with Crippen molar-refractivity contribution in [1.82, 2.24) is 0 Å². The lowest BCUT2D eigenvalue weighted by Crippen LogP contribution is -2.17. The van der Waals surface area contributed by atoms with Gasteiger partial charge < -0.3 is 4.74 Å². The van der Waals surface area contributed by atoms with Gasteiger partial charge in [0.15, 0.2) is 5.78 Å². The van der Waals surface area contributed by atoms with Gasteiger partial charge in [-0.15, -0.1) is 13.2 Å². The van der Waals surface area contributed by atoms with E-state index in [9.17, 15) is 18.0 Å². The molecule has 6 heteroatoms. The number of Topliss-reactive ketones (excluding diaryl/α,β-unsaturated/α-hetero) is 1. The van der Waals surface area contributed by atoms with Crippen molar-refractivity contribution in [3.63, 3.8) is 0 Å². The molecule has 0 radical (unpaired) electrons. The molecule has 0 bridgehead atoms. The largest absolute Gasteiger partial charge is 0.573 e. The van der Waals surface area contributed by atoms with Gasteiger partial charge in [0.25, 0.3) is 0 Å². The summed E-state index contributed by atoms with van der Waals surface area (Å²) in [5.41, 5.74) is 0.110. The molecule has 82 valence electrons. The standard InChI is InChI=1S/C9H6ClF3O2/c1-5(14)6-2-3-7(10)8(4-6)15-9(11,12)13/h2-4H,1H3. The van der Waals surface area contributed by atoms with Crippen molar-refractivity contribution >= 4 is 17.4 Å². The number of alkyl halides is 3. The smallest absolute Gasteiger partial charge is 0.404 e. The minimum Gasteiger partial charge on any atom is -0.404 e. The Morgan fingerprint density at radius 3 is 2.47 bits per heavy atom. The number of hydrogen-bond donors (Lipinski definition) is 0. The fourth-order valence-electron chi connectivity index (χ4n) is 0.925. The maximum atomic E-state index is 11.9. The predicted octanol–water partition coefficient (Wildman–Crippen LogP) is 3.44. The molecule has 1 aromatic rings. The van der Waals surface area contributed by atoms with Crippen molar-refractivity contribution < 1.29 is 22.7 Å². The van der Waals surface area contributed by atoms with E-state index in [2.05, 4.69) is 4.74 Å². The Hall–Kier alpha value is -1.23. The van der Waals surface area contributed by atoms with Gasteiger partial charge in [0.05, 0.1) is 5.02 Å². The summed E-state index contributed by atoms with van der Waals surface area (Å²) in [6.07, 6.45) is -4.82. The minimum atomic E-state index is -4.82. The van der Waals surface area contributed by atoms with E-state index in [0.717, 1.165) is 6.07 Å². The summed E-state index contributed by atoms with van der Waals surface area (Å²) >= 11 is 5.47. The molecular weight excluding hydrogens is 233 g/mol. The van der Waals surface area contributed by atoms with Crippen LogP contribution < -0.4 is 4.74 Å². The third-order valence-electron chi connectivity index (χ3n) is 1.56. The number of carbonyl (C=O) groups excluding carboxylic acids is 1. The van der Waals surface area contributed by atoms with Gasteiger partial charge in [-0.3, -0.25) is 4.79 Å². The molecule has 0 fully saturated rings. The molecule has 0 spiro atoms. The van der Waals surface area contributed by atoms with Crippen LogP contribution in [0.4, 0.5) is 13.2 Å². The zero-order chi connectivity index (χ0) is 11.6. The van der Waals surface area contributed by atoms with Crippen molar-refractivity contribution in [2.24, 2.45) is 0 Å². The quantitative estimate of drug-likeness (QED) is 0.738. The van der Waals surface area contributed by atoms with Gasteiger partial charge >= 0.3 is 6.36 Å². The number of hydrogen-bond acceptors (Lipinski definition) is 2. The van der Waals surface area contributed by atoms with Gasteiger partial charge in [0.1, 0.15) is 5.75 Å². The van der Waals surface area contributed by atoms with E-state index in [1.54, 1.807) is 0 Å². The predicted molar refractivity (Wildman–Crippen MR) is 48.1 cm³/mol. The lowest BCUT2D eigenvalue weighted by Gasteiger charge is -2.10. The Morgan fingerprint density at radius 1 is 1.40 bits per heavy atom. The molecule has 0 heterocycles. The summed E-state index contributed by atoms with van der Waals surface area (Å²) in [6, 6.07) is 3.46. The first-order chi connectivity index (χ1) is 6.79. The molecular formula is C9H6ClF3O2. The second-order valence-electron chi connectivity index (χ2n) is 2.75. The Bertz CT molecular complexity index is 387. The summed E-state index contributed by atoms with van der Waals surface area (Å²) in [5.74, 6) is -0.935. The number of benzene rings is 1.